The van der Waals surface area contributed by atoms with Crippen LogP contribution in [0, 0.1) is 0 Å². The molecular weight excluding hydrogens is 368 g/mol. The van der Waals surface area contributed by atoms with Gasteiger partial charge in [0, 0.05) is 0 Å². The smallest absolute Gasteiger partial charge is 0.127 e. The van der Waals surface area contributed by atoms with Crippen LogP contribution in [0.5, 0.6) is 17.2 Å². The summed E-state index contributed by atoms with van der Waals surface area (Å²) in [4.78, 5) is 0. The molecule has 0 fully saturated rings. The molecule has 0 saturated carbocycles. The largest absolute Gasteiger partial charge is 0.497 e. The maximum atomic E-state index is 6.08. The van der Waals surface area contributed by atoms with Crippen molar-refractivity contribution in [1.29, 1.82) is 0 Å². The second-order valence-corrected chi connectivity index (χ2v) is 8.73. The molecule has 0 N–H and O–H groups in total. The average molecular weight is 403 g/mol. The molecule has 0 aliphatic carbocycles. The van der Waals surface area contributed by atoms with E-state index in [0.717, 1.165) is 23.7 Å². The predicted molar refractivity (Wildman–Crippen MR) is 126 cm³/mol. The van der Waals surface area contributed by atoms with E-state index in [9.17, 15) is 0 Å². The normalized spacial score (nSPS) is 12.3. The molecule has 3 aromatic rings. The van der Waals surface area contributed by atoms with Crippen molar-refractivity contribution >= 4 is 0 Å². The zero-order valence-corrected chi connectivity index (χ0v) is 19.1. The predicted octanol–water partition coefficient (Wildman–Crippen LogP) is 8.08. The van der Waals surface area contributed by atoms with E-state index in [2.05, 4.69) is 95.3 Å². The molecule has 0 spiro atoms. The zero-order valence-electron chi connectivity index (χ0n) is 19.1. The Kier molecular flexibility index (Phi) is 7.20. The molecule has 1 atom stereocenters. The Labute approximate surface area is 181 Å². The van der Waals surface area contributed by atoms with Gasteiger partial charge in [0.1, 0.15) is 17.2 Å². The molecule has 0 amide bonds. The Hall–Kier alpha value is -2.74. The summed E-state index contributed by atoms with van der Waals surface area (Å²) in [7, 11) is 1.73. The van der Waals surface area contributed by atoms with Crippen molar-refractivity contribution in [3.63, 3.8) is 0 Å². The molecule has 0 bridgehead atoms. The van der Waals surface area contributed by atoms with Crippen molar-refractivity contribution in [1.82, 2.24) is 0 Å². The number of methoxy groups -OCH3 is 1. The van der Waals surface area contributed by atoms with Crippen molar-refractivity contribution in [3.8, 4) is 17.2 Å². The van der Waals surface area contributed by atoms with Crippen LogP contribution in [-0.4, -0.2) is 7.11 Å². The highest BCUT2D eigenvalue weighted by molar-refractivity contribution is 5.41. The van der Waals surface area contributed by atoms with Crippen LogP contribution in [0.15, 0.2) is 66.7 Å². The van der Waals surface area contributed by atoms with Crippen molar-refractivity contribution in [2.24, 2.45) is 0 Å². The number of hydrogen-bond acceptors (Lipinski definition) is 2. The summed E-state index contributed by atoms with van der Waals surface area (Å²) in [6, 6.07) is 23.3. The van der Waals surface area contributed by atoms with Crippen LogP contribution >= 0.6 is 0 Å². The van der Waals surface area contributed by atoms with E-state index in [1.54, 1.807) is 7.11 Å². The van der Waals surface area contributed by atoms with Gasteiger partial charge in [0.25, 0.3) is 0 Å². The highest BCUT2D eigenvalue weighted by Gasteiger charge is 2.15. The van der Waals surface area contributed by atoms with Gasteiger partial charge in [0.15, 0.2) is 0 Å². The van der Waals surface area contributed by atoms with E-state index in [1.165, 1.54) is 22.3 Å². The topological polar surface area (TPSA) is 18.5 Å². The van der Waals surface area contributed by atoms with E-state index in [1.807, 2.05) is 6.07 Å². The van der Waals surface area contributed by atoms with Gasteiger partial charge in [0.2, 0.25) is 0 Å². The average Bonchev–Trinajstić information content (AvgIpc) is 2.74. The first-order valence-corrected chi connectivity index (χ1v) is 10.9. The Morgan fingerprint density at radius 1 is 0.667 bits per heavy atom. The van der Waals surface area contributed by atoms with Crippen LogP contribution in [0.1, 0.15) is 74.6 Å². The Bertz CT molecular complexity index is 955. The Morgan fingerprint density at radius 2 is 1.37 bits per heavy atom. The molecule has 0 saturated heterocycles. The first kappa shape index (κ1) is 22.0. The summed E-state index contributed by atoms with van der Waals surface area (Å²) >= 11 is 0. The van der Waals surface area contributed by atoms with E-state index < -0.39 is 0 Å². The maximum Gasteiger partial charge on any atom is 0.127 e. The van der Waals surface area contributed by atoms with E-state index in [4.69, 9.17) is 9.47 Å². The zero-order chi connectivity index (χ0) is 21.7. The van der Waals surface area contributed by atoms with Gasteiger partial charge in [-0.05, 0) is 82.8 Å². The maximum absolute atomic E-state index is 6.08. The summed E-state index contributed by atoms with van der Waals surface area (Å²) in [5, 5.41) is 0. The third-order valence-corrected chi connectivity index (χ3v) is 5.67. The summed E-state index contributed by atoms with van der Waals surface area (Å²) in [5.74, 6) is 4.09. The lowest BCUT2D eigenvalue weighted by atomic mass is 9.86. The molecule has 0 heterocycles. The van der Waals surface area contributed by atoms with Crippen molar-refractivity contribution in [3.05, 3.63) is 89.0 Å². The Morgan fingerprint density at radius 3 is 2.00 bits per heavy atom. The monoisotopic (exact) mass is 402 g/mol. The van der Waals surface area contributed by atoms with E-state index >= 15 is 0 Å². The molecule has 3 rings (SSSR count). The van der Waals surface area contributed by atoms with E-state index in [-0.39, 0.29) is 0 Å². The second-order valence-electron chi connectivity index (χ2n) is 8.73. The van der Waals surface area contributed by atoms with Crippen LogP contribution in [0.4, 0.5) is 0 Å². The van der Waals surface area contributed by atoms with Crippen molar-refractivity contribution < 1.29 is 9.47 Å². The molecule has 30 heavy (non-hydrogen) atoms. The van der Waals surface area contributed by atoms with Gasteiger partial charge in [-0.3, -0.25) is 0 Å². The lowest BCUT2D eigenvalue weighted by molar-refractivity contribution is 0.413. The summed E-state index contributed by atoms with van der Waals surface area (Å²) in [5.41, 5.74) is 5.37. The number of hydrogen-bond donors (Lipinski definition) is 0. The minimum Gasteiger partial charge on any atom is -0.497 e. The van der Waals surface area contributed by atoms with Crippen LogP contribution < -0.4 is 9.47 Å². The highest BCUT2D eigenvalue weighted by atomic mass is 16.5. The SMILES string of the molecule is COc1ccc(C(C)Cc2ccc(Oc3cccc(C(C)C)c3)cc2)c(C(C)C)c1. The van der Waals surface area contributed by atoms with Gasteiger partial charge in [0.05, 0.1) is 7.11 Å². The lowest BCUT2D eigenvalue weighted by Crippen LogP contribution is -2.04. The molecule has 2 heteroatoms. The molecule has 158 valence electrons. The summed E-state index contributed by atoms with van der Waals surface area (Å²) < 4.78 is 11.5. The summed E-state index contributed by atoms with van der Waals surface area (Å²) in [6.07, 6.45) is 0.995. The van der Waals surface area contributed by atoms with Crippen molar-refractivity contribution in [2.45, 2.75) is 58.8 Å². The van der Waals surface area contributed by atoms with Gasteiger partial charge in [-0.25, -0.2) is 0 Å². The minimum atomic E-state index is 0.433. The fourth-order valence-corrected chi connectivity index (χ4v) is 3.86. The second kappa shape index (κ2) is 9.84. The molecular formula is C28H34O2. The van der Waals surface area contributed by atoms with Gasteiger partial charge < -0.3 is 9.47 Å². The lowest BCUT2D eigenvalue weighted by Gasteiger charge is -2.20. The van der Waals surface area contributed by atoms with Gasteiger partial charge in [-0.1, -0.05) is 65.0 Å². The van der Waals surface area contributed by atoms with Gasteiger partial charge in [-0.2, -0.15) is 0 Å². The molecule has 0 aliphatic heterocycles. The third kappa shape index (κ3) is 5.44. The van der Waals surface area contributed by atoms with Crippen LogP contribution in [-0.2, 0) is 6.42 Å². The fraction of sp³-hybridized carbons (Fsp3) is 0.357. The van der Waals surface area contributed by atoms with Crippen LogP contribution in [0.25, 0.3) is 0 Å². The van der Waals surface area contributed by atoms with Gasteiger partial charge >= 0.3 is 0 Å². The fourth-order valence-electron chi connectivity index (χ4n) is 3.86. The van der Waals surface area contributed by atoms with Gasteiger partial charge in [-0.15, -0.1) is 0 Å². The van der Waals surface area contributed by atoms with Crippen LogP contribution in [0.3, 0.4) is 0 Å². The number of ether oxygens (including phenoxy) is 2. The minimum absolute atomic E-state index is 0.433. The quantitative estimate of drug-likeness (QED) is 0.379. The molecule has 2 nitrogen and oxygen atoms in total. The van der Waals surface area contributed by atoms with Crippen LogP contribution in [0.2, 0.25) is 0 Å². The van der Waals surface area contributed by atoms with E-state index in [0.29, 0.717) is 17.8 Å². The molecule has 1 unspecified atom stereocenters. The standard InChI is InChI=1S/C28H34O2/c1-19(2)23-8-7-9-26(17-23)30-24-12-10-22(11-13-24)16-21(5)27-15-14-25(29-6)18-28(27)20(3)4/h7-15,17-21H,16H2,1-6H3. The highest BCUT2D eigenvalue weighted by Crippen LogP contribution is 2.32. The third-order valence-electron chi connectivity index (χ3n) is 5.67. The first-order chi connectivity index (χ1) is 14.4. The molecule has 3 aromatic carbocycles. The molecule has 0 aliphatic rings. The van der Waals surface area contributed by atoms with Crippen molar-refractivity contribution in [2.75, 3.05) is 7.11 Å². The molecule has 0 radical (unpaired) electrons. The summed E-state index contributed by atoms with van der Waals surface area (Å²) in [6.45, 7) is 11.2. The first-order valence-electron chi connectivity index (χ1n) is 10.9. The Balaban J connectivity index is 1.71. The molecule has 0 aromatic heterocycles. The number of benzene rings is 3. The number of rotatable bonds is 8.